The highest BCUT2D eigenvalue weighted by Gasteiger charge is 2.20. The first-order valence-electron chi connectivity index (χ1n) is 10.3. The molecule has 1 amide bonds. The van der Waals surface area contributed by atoms with Crippen LogP contribution in [0.5, 0.6) is 0 Å². The van der Waals surface area contributed by atoms with Crippen molar-refractivity contribution in [2.45, 2.75) is 26.3 Å². The summed E-state index contributed by atoms with van der Waals surface area (Å²) < 4.78 is 0. The van der Waals surface area contributed by atoms with E-state index < -0.39 is 0 Å². The second kappa shape index (κ2) is 13.8. The summed E-state index contributed by atoms with van der Waals surface area (Å²) in [5.74, 6) is 0.766. The van der Waals surface area contributed by atoms with Gasteiger partial charge in [-0.15, -0.1) is 24.0 Å². The lowest BCUT2D eigenvalue weighted by molar-refractivity contribution is 0.0963. The Morgan fingerprint density at radius 3 is 2.55 bits per heavy atom. The number of amides is 1. The number of benzene rings is 1. The van der Waals surface area contributed by atoms with E-state index in [1.807, 2.05) is 24.3 Å². The number of guanidine groups is 1. The van der Waals surface area contributed by atoms with Crippen LogP contribution in [0, 0.1) is 0 Å². The third-order valence-corrected chi connectivity index (χ3v) is 5.39. The molecule has 1 aromatic rings. The Kier molecular flexibility index (Phi) is 12.2. The SMILES string of the molecule is CCN1CCN(C(C)CNC(=NC)NCCc2cccc(C(=O)NC)c2)CC1.I. The van der Waals surface area contributed by atoms with Crippen LogP contribution in [0.15, 0.2) is 29.3 Å². The quantitative estimate of drug-likeness (QED) is 0.277. The first-order valence-corrected chi connectivity index (χ1v) is 10.3. The number of nitrogens with zero attached hydrogens (tertiary/aromatic N) is 3. The van der Waals surface area contributed by atoms with Gasteiger partial charge in [0.05, 0.1) is 0 Å². The van der Waals surface area contributed by atoms with Gasteiger partial charge >= 0.3 is 0 Å². The number of rotatable bonds is 8. The van der Waals surface area contributed by atoms with Gasteiger partial charge in [-0.25, -0.2) is 0 Å². The molecule has 0 aromatic heterocycles. The standard InChI is InChI=1S/C21H36N6O.HI/c1-5-26-11-13-27(14-12-26)17(2)16-25-21(23-4)24-10-9-18-7-6-8-19(15-18)20(28)22-3;/h6-8,15,17H,5,9-14,16H2,1-4H3,(H,22,28)(H2,23,24,25);1H. The minimum Gasteiger partial charge on any atom is -0.356 e. The van der Waals surface area contributed by atoms with Crippen molar-refractivity contribution in [2.24, 2.45) is 4.99 Å². The monoisotopic (exact) mass is 516 g/mol. The molecule has 3 N–H and O–H groups in total. The molecule has 1 atom stereocenters. The molecule has 0 bridgehead atoms. The van der Waals surface area contributed by atoms with Crippen molar-refractivity contribution >= 4 is 35.8 Å². The van der Waals surface area contributed by atoms with Crippen molar-refractivity contribution in [3.05, 3.63) is 35.4 Å². The van der Waals surface area contributed by atoms with Crippen LogP contribution in [0.2, 0.25) is 0 Å². The molecule has 2 rings (SSSR count). The number of carbonyl (C=O) groups is 1. The van der Waals surface area contributed by atoms with Crippen LogP contribution in [-0.4, -0.2) is 87.6 Å². The minimum atomic E-state index is -0.0546. The molecular weight excluding hydrogens is 479 g/mol. The van der Waals surface area contributed by atoms with E-state index in [1.165, 1.54) is 0 Å². The maximum Gasteiger partial charge on any atom is 0.251 e. The number of likely N-dealkylation sites (N-methyl/N-ethyl adjacent to an activating group) is 1. The maximum atomic E-state index is 11.7. The molecule has 1 fully saturated rings. The molecule has 1 unspecified atom stereocenters. The van der Waals surface area contributed by atoms with Crippen molar-refractivity contribution in [2.75, 3.05) is 59.9 Å². The molecule has 0 aliphatic carbocycles. The van der Waals surface area contributed by atoms with Gasteiger partial charge < -0.3 is 20.9 Å². The van der Waals surface area contributed by atoms with Crippen LogP contribution in [-0.2, 0) is 6.42 Å². The number of hydrogen-bond acceptors (Lipinski definition) is 4. The second-order valence-corrected chi connectivity index (χ2v) is 7.23. The van der Waals surface area contributed by atoms with Crippen LogP contribution >= 0.6 is 24.0 Å². The molecule has 1 aliphatic rings. The first kappa shape index (κ1) is 25.6. The molecule has 0 saturated carbocycles. The van der Waals surface area contributed by atoms with Gasteiger partial charge in [0.2, 0.25) is 0 Å². The lowest BCUT2D eigenvalue weighted by Gasteiger charge is -2.37. The van der Waals surface area contributed by atoms with Crippen molar-refractivity contribution in [3.63, 3.8) is 0 Å². The molecule has 164 valence electrons. The van der Waals surface area contributed by atoms with Gasteiger partial charge in [0.1, 0.15) is 0 Å². The Labute approximate surface area is 192 Å². The molecule has 1 saturated heterocycles. The average Bonchev–Trinajstić information content (AvgIpc) is 2.75. The predicted octanol–water partition coefficient (Wildman–Crippen LogP) is 1.40. The molecular formula is C21H37IN6O. The summed E-state index contributed by atoms with van der Waals surface area (Å²) in [6.07, 6.45) is 0.833. The molecule has 7 nitrogen and oxygen atoms in total. The van der Waals surface area contributed by atoms with E-state index in [0.29, 0.717) is 11.6 Å². The molecule has 1 aliphatic heterocycles. The van der Waals surface area contributed by atoms with E-state index in [9.17, 15) is 4.79 Å². The normalized spacial score (nSPS) is 16.6. The summed E-state index contributed by atoms with van der Waals surface area (Å²) in [5, 5.41) is 9.46. The number of hydrogen-bond donors (Lipinski definition) is 3. The van der Waals surface area contributed by atoms with Crippen molar-refractivity contribution in [1.82, 2.24) is 25.8 Å². The summed E-state index contributed by atoms with van der Waals surface area (Å²) in [4.78, 5) is 21.1. The van der Waals surface area contributed by atoms with E-state index in [0.717, 1.165) is 63.8 Å². The number of carbonyl (C=O) groups excluding carboxylic acids is 1. The summed E-state index contributed by atoms with van der Waals surface area (Å²) >= 11 is 0. The van der Waals surface area contributed by atoms with E-state index in [4.69, 9.17) is 0 Å². The Hall–Kier alpha value is -1.39. The Morgan fingerprint density at radius 1 is 1.21 bits per heavy atom. The zero-order valence-corrected chi connectivity index (χ0v) is 20.5. The summed E-state index contributed by atoms with van der Waals surface area (Å²) in [5.41, 5.74) is 1.82. The average molecular weight is 516 g/mol. The van der Waals surface area contributed by atoms with E-state index >= 15 is 0 Å². The van der Waals surface area contributed by atoms with Crippen LogP contribution in [0.25, 0.3) is 0 Å². The highest BCUT2D eigenvalue weighted by molar-refractivity contribution is 14.0. The predicted molar refractivity (Wildman–Crippen MR) is 131 cm³/mol. The summed E-state index contributed by atoms with van der Waals surface area (Å²) in [6, 6.07) is 8.21. The Morgan fingerprint density at radius 2 is 1.93 bits per heavy atom. The highest BCUT2D eigenvalue weighted by Crippen LogP contribution is 2.06. The van der Waals surface area contributed by atoms with Crippen LogP contribution in [0.3, 0.4) is 0 Å². The number of halogens is 1. The lowest BCUT2D eigenvalue weighted by Crippen LogP contribution is -2.53. The van der Waals surface area contributed by atoms with Gasteiger partial charge in [-0.1, -0.05) is 19.1 Å². The zero-order chi connectivity index (χ0) is 20.4. The van der Waals surface area contributed by atoms with Gasteiger partial charge in [-0.2, -0.15) is 0 Å². The second-order valence-electron chi connectivity index (χ2n) is 7.23. The maximum absolute atomic E-state index is 11.7. The summed E-state index contributed by atoms with van der Waals surface area (Å²) in [7, 11) is 3.45. The molecule has 1 aromatic carbocycles. The van der Waals surface area contributed by atoms with Crippen molar-refractivity contribution < 1.29 is 4.79 Å². The van der Waals surface area contributed by atoms with Crippen LogP contribution in [0.1, 0.15) is 29.8 Å². The third kappa shape index (κ3) is 8.47. The number of nitrogens with one attached hydrogen (secondary N) is 3. The highest BCUT2D eigenvalue weighted by atomic mass is 127. The topological polar surface area (TPSA) is 72.0 Å². The van der Waals surface area contributed by atoms with E-state index in [1.54, 1.807) is 14.1 Å². The first-order chi connectivity index (χ1) is 13.6. The molecule has 0 spiro atoms. The summed E-state index contributed by atoms with van der Waals surface area (Å²) in [6.45, 7) is 11.8. The lowest BCUT2D eigenvalue weighted by atomic mass is 10.1. The smallest absolute Gasteiger partial charge is 0.251 e. The van der Waals surface area contributed by atoms with E-state index in [-0.39, 0.29) is 29.9 Å². The van der Waals surface area contributed by atoms with Gasteiger partial charge in [-0.05, 0) is 37.6 Å². The molecule has 0 radical (unpaired) electrons. The van der Waals surface area contributed by atoms with Crippen LogP contribution < -0.4 is 16.0 Å². The molecule has 29 heavy (non-hydrogen) atoms. The minimum absolute atomic E-state index is 0. The largest absolute Gasteiger partial charge is 0.356 e. The Balaban J connectivity index is 0.00000420. The van der Waals surface area contributed by atoms with Gasteiger partial charge in [0.25, 0.3) is 5.91 Å². The van der Waals surface area contributed by atoms with Gasteiger partial charge in [0, 0.05) is 65.0 Å². The fraction of sp³-hybridized carbons (Fsp3) is 0.619. The zero-order valence-electron chi connectivity index (χ0n) is 18.2. The fourth-order valence-electron chi connectivity index (χ4n) is 3.45. The van der Waals surface area contributed by atoms with E-state index in [2.05, 4.69) is 44.6 Å². The molecule has 1 heterocycles. The van der Waals surface area contributed by atoms with Gasteiger partial charge in [0.15, 0.2) is 5.96 Å². The van der Waals surface area contributed by atoms with Gasteiger partial charge in [-0.3, -0.25) is 14.7 Å². The van der Waals surface area contributed by atoms with Crippen molar-refractivity contribution in [1.29, 1.82) is 0 Å². The van der Waals surface area contributed by atoms with Crippen molar-refractivity contribution in [3.8, 4) is 0 Å². The number of aliphatic imine (C=N–C) groups is 1. The molecule has 8 heteroatoms. The Bertz CT molecular complexity index is 646. The van der Waals surface area contributed by atoms with Crippen LogP contribution in [0.4, 0.5) is 0 Å². The third-order valence-electron chi connectivity index (χ3n) is 5.39. The fourth-order valence-corrected chi connectivity index (χ4v) is 3.45. The number of piperazine rings is 1.